The summed E-state index contributed by atoms with van der Waals surface area (Å²) < 4.78 is 41.5. The zero-order valence-electron chi connectivity index (χ0n) is 24.9. The molecule has 0 saturated heterocycles. The second-order valence-corrected chi connectivity index (χ2v) is 11.7. The zero-order valence-corrected chi connectivity index (χ0v) is 24.9. The van der Waals surface area contributed by atoms with Gasteiger partial charge in [-0.1, -0.05) is 66.7 Å². The van der Waals surface area contributed by atoms with Crippen molar-refractivity contribution in [2.45, 2.75) is 13.1 Å². The van der Waals surface area contributed by atoms with Gasteiger partial charge in [0, 0.05) is 11.4 Å². The Hall–Kier alpha value is -6.09. The van der Waals surface area contributed by atoms with Gasteiger partial charge in [0.15, 0.2) is 23.3 Å². The average molecular weight is 621 g/mol. The van der Waals surface area contributed by atoms with E-state index in [1.54, 1.807) is 0 Å². The molecular weight excluding hydrogens is 597 g/mol. The topological polar surface area (TPSA) is 58.0 Å². The van der Waals surface area contributed by atoms with Gasteiger partial charge in [-0.3, -0.25) is 9.80 Å². The van der Waals surface area contributed by atoms with Crippen molar-refractivity contribution < 1.29 is 13.2 Å². The van der Waals surface area contributed by atoms with E-state index in [4.69, 9.17) is 19.9 Å². The first-order chi connectivity index (χ1) is 22.8. The predicted octanol–water partition coefficient (Wildman–Crippen LogP) is 10.5. The second kappa shape index (κ2) is 9.95. The van der Waals surface area contributed by atoms with Gasteiger partial charge in [0.25, 0.3) is 0 Å². The third-order valence-electron chi connectivity index (χ3n) is 8.57. The van der Waals surface area contributed by atoms with Crippen molar-refractivity contribution in [2.24, 2.45) is 0 Å². The minimum atomic E-state index is -4.53. The van der Waals surface area contributed by atoms with Crippen molar-refractivity contribution in [3.8, 4) is 0 Å². The summed E-state index contributed by atoms with van der Waals surface area (Å²) in [6.45, 7) is 1.99. The Kier molecular flexibility index (Phi) is 5.77. The van der Waals surface area contributed by atoms with Crippen molar-refractivity contribution in [2.75, 3.05) is 9.80 Å². The Morgan fingerprint density at radius 2 is 0.894 bits per heavy atom. The monoisotopic (exact) mass is 620 g/mol. The molecule has 9 heteroatoms. The van der Waals surface area contributed by atoms with Gasteiger partial charge in [-0.25, -0.2) is 19.9 Å². The highest BCUT2D eigenvalue weighted by molar-refractivity contribution is 6.02. The van der Waals surface area contributed by atoms with Crippen LogP contribution in [-0.4, -0.2) is 19.9 Å². The quantitative estimate of drug-likeness (QED) is 0.192. The van der Waals surface area contributed by atoms with Gasteiger partial charge in [0.2, 0.25) is 0 Å². The summed E-state index contributed by atoms with van der Waals surface area (Å²) in [6, 6.07) is 37.5. The van der Waals surface area contributed by atoms with Crippen LogP contribution in [0.1, 0.15) is 11.1 Å². The van der Waals surface area contributed by atoms with E-state index in [1.165, 1.54) is 6.07 Å². The molecule has 9 rings (SSSR count). The first kappa shape index (κ1) is 27.2. The Morgan fingerprint density at radius 1 is 0.447 bits per heavy atom. The van der Waals surface area contributed by atoms with Crippen molar-refractivity contribution in [3.63, 3.8) is 0 Å². The lowest BCUT2D eigenvalue weighted by Gasteiger charge is -2.37. The highest BCUT2D eigenvalue weighted by Gasteiger charge is 2.37. The third-order valence-corrected chi connectivity index (χ3v) is 8.57. The number of alkyl halides is 3. The molecule has 0 saturated carbocycles. The van der Waals surface area contributed by atoms with Crippen molar-refractivity contribution >= 4 is 78.3 Å². The van der Waals surface area contributed by atoms with Crippen LogP contribution in [-0.2, 0) is 6.18 Å². The van der Waals surface area contributed by atoms with E-state index in [-0.39, 0.29) is 5.52 Å². The van der Waals surface area contributed by atoms with Gasteiger partial charge >= 0.3 is 6.18 Å². The molecule has 0 spiro atoms. The summed E-state index contributed by atoms with van der Waals surface area (Å²) in [4.78, 5) is 24.0. The van der Waals surface area contributed by atoms with Crippen LogP contribution in [0, 0.1) is 6.92 Å². The van der Waals surface area contributed by atoms with Gasteiger partial charge in [-0.2, -0.15) is 13.2 Å². The van der Waals surface area contributed by atoms with Crippen molar-refractivity contribution in [3.05, 3.63) is 132 Å². The number of halogens is 3. The molecule has 3 heterocycles. The molecule has 1 aliphatic rings. The van der Waals surface area contributed by atoms with Gasteiger partial charge in [-0.15, -0.1) is 0 Å². The van der Waals surface area contributed by atoms with Crippen LogP contribution in [0.4, 0.5) is 47.8 Å². The molecule has 0 bridgehead atoms. The lowest BCUT2D eigenvalue weighted by atomic mass is 10.1. The molecule has 0 fully saturated rings. The van der Waals surface area contributed by atoms with Crippen LogP contribution in [0.25, 0.3) is 43.6 Å². The number of anilines is 6. The first-order valence-corrected chi connectivity index (χ1v) is 15.1. The SMILES string of the molecule is Cc1ccc2nc3c(nc2c1)N(c1ccc2ccccc2c1)c1nc2cc(C(F)(F)F)ccc2nc1N3c1ccc2ccccc2c1. The molecular formula is C38H23F3N6. The van der Waals surface area contributed by atoms with E-state index in [0.29, 0.717) is 39.8 Å². The van der Waals surface area contributed by atoms with Gasteiger partial charge in [0.1, 0.15) is 0 Å². The maximum absolute atomic E-state index is 13.8. The smallest absolute Gasteiger partial charge is 0.273 e. The summed E-state index contributed by atoms with van der Waals surface area (Å²) in [5.41, 5.74) is 3.56. The zero-order chi connectivity index (χ0) is 31.9. The van der Waals surface area contributed by atoms with Crippen LogP contribution >= 0.6 is 0 Å². The minimum absolute atomic E-state index is 0.121. The van der Waals surface area contributed by atoms with E-state index >= 15 is 0 Å². The molecule has 8 aromatic rings. The van der Waals surface area contributed by atoms with Gasteiger partial charge < -0.3 is 0 Å². The molecule has 226 valence electrons. The molecule has 0 N–H and O–H groups in total. The molecule has 0 aliphatic carbocycles. The standard InChI is InChI=1S/C38H23F3N6/c1-22-10-16-30-32(18-22)44-36-34(42-30)46(28-14-11-23-6-2-4-8-25(23)19-28)35-37(45-33-21-27(38(39,40)41)13-17-31(33)43-35)47(36)29-15-12-24-7-3-5-9-26(24)20-29/h2-21H,1H3. The number of hydrogen-bond acceptors (Lipinski definition) is 6. The highest BCUT2D eigenvalue weighted by Crippen LogP contribution is 2.52. The van der Waals surface area contributed by atoms with Gasteiger partial charge in [0.05, 0.1) is 27.6 Å². The fourth-order valence-corrected chi connectivity index (χ4v) is 6.28. The molecule has 0 radical (unpaired) electrons. The largest absolute Gasteiger partial charge is 0.416 e. The summed E-state index contributed by atoms with van der Waals surface area (Å²) in [7, 11) is 0. The lowest BCUT2D eigenvalue weighted by molar-refractivity contribution is -0.137. The average Bonchev–Trinajstić information content (AvgIpc) is 3.08. The summed E-state index contributed by atoms with van der Waals surface area (Å²) >= 11 is 0. The molecule has 6 aromatic carbocycles. The maximum Gasteiger partial charge on any atom is 0.416 e. The van der Waals surface area contributed by atoms with E-state index in [9.17, 15) is 13.2 Å². The summed E-state index contributed by atoms with van der Waals surface area (Å²) in [6.07, 6.45) is -4.53. The Bertz CT molecular complexity index is 2560. The predicted molar refractivity (Wildman–Crippen MR) is 180 cm³/mol. The Morgan fingerprint density at radius 3 is 1.40 bits per heavy atom. The van der Waals surface area contributed by atoms with E-state index in [0.717, 1.165) is 50.6 Å². The molecule has 0 amide bonds. The lowest BCUT2D eigenvalue weighted by Crippen LogP contribution is -2.28. The number of rotatable bonds is 2. The highest BCUT2D eigenvalue weighted by atomic mass is 19.4. The molecule has 6 nitrogen and oxygen atoms in total. The van der Waals surface area contributed by atoms with E-state index < -0.39 is 11.7 Å². The number of nitrogens with zero attached hydrogens (tertiary/aromatic N) is 6. The van der Waals surface area contributed by atoms with Crippen LogP contribution in [0.15, 0.2) is 121 Å². The molecule has 2 aromatic heterocycles. The van der Waals surface area contributed by atoms with Crippen LogP contribution in [0.2, 0.25) is 0 Å². The fraction of sp³-hybridized carbons (Fsp3) is 0.0526. The van der Waals surface area contributed by atoms with Crippen LogP contribution < -0.4 is 9.80 Å². The van der Waals surface area contributed by atoms with E-state index in [2.05, 4.69) is 0 Å². The molecule has 0 unspecified atom stereocenters. The number of benzene rings is 6. The molecule has 0 atom stereocenters. The number of fused-ring (bicyclic) bond motifs is 6. The van der Waals surface area contributed by atoms with Crippen LogP contribution in [0.5, 0.6) is 0 Å². The van der Waals surface area contributed by atoms with Crippen molar-refractivity contribution in [1.29, 1.82) is 0 Å². The summed E-state index contributed by atoms with van der Waals surface area (Å²) in [5.74, 6) is 1.78. The third kappa shape index (κ3) is 4.42. The minimum Gasteiger partial charge on any atom is -0.273 e. The van der Waals surface area contributed by atoms with Crippen molar-refractivity contribution in [1.82, 2.24) is 19.9 Å². The maximum atomic E-state index is 13.8. The number of aromatic nitrogens is 4. The normalized spacial score (nSPS) is 13.0. The second-order valence-electron chi connectivity index (χ2n) is 11.7. The fourth-order valence-electron chi connectivity index (χ4n) is 6.28. The summed E-state index contributed by atoms with van der Waals surface area (Å²) in [5, 5.41) is 4.11. The van der Waals surface area contributed by atoms with Crippen LogP contribution in [0.3, 0.4) is 0 Å². The van der Waals surface area contributed by atoms with Gasteiger partial charge in [-0.05, 0) is 88.6 Å². The Labute approximate surface area is 266 Å². The van der Waals surface area contributed by atoms with E-state index in [1.807, 2.05) is 120 Å². The molecule has 1 aliphatic heterocycles. The first-order valence-electron chi connectivity index (χ1n) is 15.1. The Balaban J connectivity index is 1.39. The number of aryl methyl sites for hydroxylation is 1. The number of hydrogen-bond donors (Lipinski definition) is 0. The molecule has 47 heavy (non-hydrogen) atoms.